The Morgan fingerprint density at radius 1 is 1.17 bits per heavy atom. The summed E-state index contributed by atoms with van der Waals surface area (Å²) in [5.74, 6) is 0. The van der Waals surface area contributed by atoms with Crippen LogP contribution in [0.2, 0.25) is 18.1 Å². The van der Waals surface area contributed by atoms with Crippen LogP contribution < -0.4 is 4.90 Å². The van der Waals surface area contributed by atoms with Crippen molar-refractivity contribution in [1.29, 1.82) is 0 Å². The van der Waals surface area contributed by atoms with Crippen molar-refractivity contribution in [3.63, 3.8) is 0 Å². The Kier molecular flexibility index (Phi) is 7.52. The summed E-state index contributed by atoms with van der Waals surface area (Å²) in [6.07, 6.45) is 7.30. The third kappa shape index (κ3) is 5.11. The second-order valence-corrected chi connectivity index (χ2v) is 17.1. The number of hydrogen-bond acceptors (Lipinski definition) is 6. The minimum Gasteiger partial charge on any atom is -0.411 e. The molecule has 5 rings (SSSR count). The highest BCUT2D eigenvalue weighted by Gasteiger charge is 2.37. The lowest BCUT2D eigenvalue weighted by molar-refractivity contribution is -0.0383. The first-order valence-electron chi connectivity index (χ1n) is 13.0. The summed E-state index contributed by atoms with van der Waals surface area (Å²) in [5.41, 5.74) is 5.20. The van der Waals surface area contributed by atoms with E-state index < -0.39 is 8.32 Å². The average Bonchev–Trinajstić information content (AvgIpc) is 3.48. The molecule has 0 bridgehead atoms. The van der Waals surface area contributed by atoms with Crippen molar-refractivity contribution in [1.82, 2.24) is 19.2 Å². The number of nitrogens with zero attached hydrogens (tertiary/aromatic N) is 5. The molecule has 3 aromatic rings. The topological polar surface area (TPSA) is 66.0 Å². The zero-order valence-electron chi connectivity index (χ0n) is 22.1. The lowest BCUT2D eigenvalue weighted by Gasteiger charge is -2.35. The van der Waals surface area contributed by atoms with Crippen LogP contribution in [0.1, 0.15) is 52.0 Å². The van der Waals surface area contributed by atoms with Crippen molar-refractivity contribution < 1.29 is 13.9 Å². The number of anilines is 1. The van der Waals surface area contributed by atoms with Gasteiger partial charge in [-0.25, -0.2) is 9.67 Å². The third-order valence-corrected chi connectivity index (χ3v) is 13.5. The molecular weight excluding hydrogens is 585 g/mol. The van der Waals surface area contributed by atoms with Crippen molar-refractivity contribution in [3.8, 4) is 11.3 Å². The number of ether oxygens (including phenoxy) is 2. The van der Waals surface area contributed by atoms with E-state index >= 15 is 0 Å². The molecule has 0 aromatic carbocycles. The molecule has 0 aliphatic carbocycles. The van der Waals surface area contributed by atoms with Gasteiger partial charge >= 0.3 is 0 Å². The summed E-state index contributed by atoms with van der Waals surface area (Å²) in [5, 5.41) is 4.84. The molecule has 36 heavy (non-hydrogen) atoms. The molecule has 0 radical (unpaired) electrons. The van der Waals surface area contributed by atoms with E-state index in [1.807, 2.05) is 10.9 Å². The minimum atomic E-state index is -1.90. The van der Waals surface area contributed by atoms with E-state index in [2.05, 4.69) is 84.1 Å². The number of hydrogen-bond donors (Lipinski definition) is 0. The number of halogens is 1. The number of morpholine rings is 1. The van der Waals surface area contributed by atoms with Gasteiger partial charge in [0.25, 0.3) is 0 Å². The van der Waals surface area contributed by atoms with Crippen molar-refractivity contribution in [2.45, 2.75) is 71.0 Å². The van der Waals surface area contributed by atoms with Crippen LogP contribution in [0.4, 0.5) is 5.69 Å². The normalized spacial score (nSPS) is 19.8. The molecule has 5 heterocycles. The van der Waals surface area contributed by atoms with E-state index in [9.17, 15) is 0 Å². The molecule has 8 nitrogen and oxygen atoms in total. The monoisotopic (exact) mass is 623 g/mol. The first kappa shape index (κ1) is 26.1. The maximum absolute atomic E-state index is 6.58. The molecule has 3 aromatic heterocycles. The van der Waals surface area contributed by atoms with Crippen LogP contribution in [0, 0.1) is 3.70 Å². The quantitative estimate of drug-likeness (QED) is 0.253. The van der Waals surface area contributed by atoms with Gasteiger partial charge in [-0.05, 0) is 72.1 Å². The fourth-order valence-corrected chi connectivity index (χ4v) is 6.14. The number of imidazole rings is 1. The molecule has 0 spiro atoms. The Morgan fingerprint density at radius 2 is 1.94 bits per heavy atom. The summed E-state index contributed by atoms with van der Waals surface area (Å²) < 4.78 is 23.7. The van der Waals surface area contributed by atoms with Gasteiger partial charge in [-0.2, -0.15) is 5.10 Å². The highest BCUT2D eigenvalue weighted by atomic mass is 127. The van der Waals surface area contributed by atoms with Gasteiger partial charge < -0.3 is 18.8 Å². The highest BCUT2D eigenvalue weighted by Crippen LogP contribution is 2.38. The Morgan fingerprint density at radius 3 is 2.64 bits per heavy atom. The predicted molar refractivity (Wildman–Crippen MR) is 153 cm³/mol. The first-order chi connectivity index (χ1) is 17.2. The third-order valence-electron chi connectivity index (χ3n) is 7.84. The summed E-state index contributed by atoms with van der Waals surface area (Å²) in [7, 11) is -1.90. The minimum absolute atomic E-state index is 0.0359. The number of pyridine rings is 1. The lowest BCUT2D eigenvalue weighted by atomic mass is 10.1. The molecule has 1 atom stereocenters. The lowest BCUT2D eigenvalue weighted by Crippen LogP contribution is -2.40. The highest BCUT2D eigenvalue weighted by molar-refractivity contribution is 14.1. The van der Waals surface area contributed by atoms with Crippen molar-refractivity contribution in [2.24, 2.45) is 0 Å². The summed E-state index contributed by atoms with van der Waals surface area (Å²) in [4.78, 5) is 7.55. The smallest absolute Gasteiger partial charge is 0.192 e. The molecule has 0 amide bonds. The molecule has 1 unspecified atom stereocenters. The van der Waals surface area contributed by atoms with E-state index in [4.69, 9.17) is 24.0 Å². The first-order valence-corrected chi connectivity index (χ1v) is 17.0. The summed E-state index contributed by atoms with van der Waals surface area (Å²) in [6, 6.07) is 4.35. The predicted octanol–water partition coefficient (Wildman–Crippen LogP) is 5.86. The van der Waals surface area contributed by atoms with Gasteiger partial charge in [0.1, 0.15) is 9.35 Å². The van der Waals surface area contributed by atoms with E-state index in [1.54, 1.807) is 0 Å². The Hall–Kier alpha value is -1.47. The van der Waals surface area contributed by atoms with Gasteiger partial charge in [0.05, 0.1) is 36.9 Å². The van der Waals surface area contributed by atoms with E-state index in [0.29, 0.717) is 6.61 Å². The molecule has 0 saturated carbocycles. The zero-order valence-corrected chi connectivity index (χ0v) is 25.2. The molecule has 0 N–H and O–H groups in total. The number of aromatic nitrogens is 4. The fourth-order valence-electron chi connectivity index (χ4n) is 4.56. The molecule has 2 aliphatic rings. The summed E-state index contributed by atoms with van der Waals surface area (Å²) >= 11 is 2.43. The van der Waals surface area contributed by atoms with Crippen LogP contribution in [0.3, 0.4) is 0 Å². The van der Waals surface area contributed by atoms with E-state index in [0.717, 1.165) is 78.5 Å². The van der Waals surface area contributed by atoms with Crippen LogP contribution >= 0.6 is 22.6 Å². The zero-order chi connectivity index (χ0) is 25.5. The van der Waals surface area contributed by atoms with Crippen LogP contribution in [0.15, 0.2) is 24.5 Å². The van der Waals surface area contributed by atoms with Gasteiger partial charge in [-0.3, -0.25) is 4.40 Å². The average molecular weight is 624 g/mol. The maximum Gasteiger partial charge on any atom is 0.192 e. The Labute approximate surface area is 228 Å². The molecule has 2 saturated heterocycles. The molecule has 196 valence electrons. The van der Waals surface area contributed by atoms with Gasteiger partial charge in [-0.15, -0.1) is 0 Å². The van der Waals surface area contributed by atoms with Crippen LogP contribution in [0.25, 0.3) is 16.9 Å². The molecule has 2 aliphatic heterocycles. The van der Waals surface area contributed by atoms with Crippen molar-refractivity contribution in [3.05, 3.63) is 33.9 Å². The van der Waals surface area contributed by atoms with Gasteiger partial charge in [0.15, 0.2) is 14.5 Å². The standard InChI is InChI=1S/C26H38IN5O3Si/c1-26(2,3)36(4,5)35-18-21-24(27)31-17-19(30-11-14-33-15-12-30)16-20(25(31)29-21)22-9-10-28-32(22)23-8-6-7-13-34-23/h9-10,16-17,23H,6-8,11-15,18H2,1-5H3. The second-order valence-electron chi connectivity index (χ2n) is 11.3. The van der Waals surface area contributed by atoms with Gasteiger partial charge in [-0.1, -0.05) is 20.8 Å². The van der Waals surface area contributed by atoms with Crippen molar-refractivity contribution in [2.75, 3.05) is 37.8 Å². The van der Waals surface area contributed by atoms with Crippen LogP contribution in [-0.4, -0.2) is 60.4 Å². The SMILES string of the molecule is CC(C)(C)[Si](C)(C)OCc1nc2c(-c3ccnn3C3CCCCO3)cc(N3CCOCC3)cn2c1I. The molecular formula is C26H38IN5O3Si. The molecule has 10 heteroatoms. The number of rotatable bonds is 6. The van der Waals surface area contributed by atoms with Crippen molar-refractivity contribution >= 4 is 42.2 Å². The van der Waals surface area contributed by atoms with Crippen LogP contribution in [0.5, 0.6) is 0 Å². The fraction of sp³-hybridized carbons (Fsp3) is 0.615. The molecule has 2 fully saturated rings. The van der Waals surface area contributed by atoms with E-state index in [1.165, 1.54) is 5.69 Å². The van der Waals surface area contributed by atoms with E-state index in [-0.39, 0.29) is 11.3 Å². The summed E-state index contributed by atoms with van der Waals surface area (Å²) in [6.45, 7) is 15.9. The largest absolute Gasteiger partial charge is 0.411 e. The maximum atomic E-state index is 6.58. The second kappa shape index (κ2) is 10.4. The van der Waals surface area contributed by atoms with Crippen LogP contribution in [-0.2, 0) is 20.5 Å². The Balaban J connectivity index is 1.59. The number of fused-ring (bicyclic) bond motifs is 1. The van der Waals surface area contributed by atoms with Gasteiger partial charge in [0.2, 0.25) is 0 Å². The van der Waals surface area contributed by atoms with Gasteiger partial charge in [0, 0.05) is 37.7 Å². The Bertz CT molecular complexity index is 1210.